The molecule has 0 aromatic carbocycles. The largest absolute Gasteiger partial charge is 0.480 e. The second-order valence-corrected chi connectivity index (χ2v) is 7.38. The van der Waals surface area contributed by atoms with E-state index in [4.69, 9.17) is 5.11 Å². The average molecular weight is 333 g/mol. The van der Waals surface area contributed by atoms with Gasteiger partial charge in [0, 0.05) is 11.9 Å². The summed E-state index contributed by atoms with van der Waals surface area (Å²) in [5, 5.41) is 10.8. The van der Waals surface area contributed by atoms with Crippen LogP contribution in [0.15, 0.2) is 5.38 Å². The topological polar surface area (TPSA) is 117 Å². The van der Waals surface area contributed by atoms with Crippen molar-refractivity contribution in [1.82, 2.24) is 9.88 Å². The fraction of sp³-hybridized carbons (Fsp3) is 0.545. The highest BCUT2D eigenvalue weighted by atomic mass is 32.2. The van der Waals surface area contributed by atoms with Crippen molar-refractivity contribution in [2.24, 2.45) is 0 Å². The van der Waals surface area contributed by atoms with Gasteiger partial charge in [0.05, 0.1) is 18.4 Å². The normalized spacial score (nSPS) is 18.7. The Morgan fingerprint density at radius 3 is 2.90 bits per heavy atom. The number of thiazole rings is 1. The molecule has 2 heterocycles. The SMILES string of the molecule is CS(=O)(=O)Nc1nc(CC(=O)N2CCC[C@H]2C(=O)O)cs1. The minimum Gasteiger partial charge on any atom is -0.480 e. The first-order valence-electron chi connectivity index (χ1n) is 6.21. The summed E-state index contributed by atoms with van der Waals surface area (Å²) in [5.74, 6) is -1.31. The molecular formula is C11H15N3O5S2. The van der Waals surface area contributed by atoms with Crippen LogP contribution in [0.2, 0.25) is 0 Å². The van der Waals surface area contributed by atoms with Crippen molar-refractivity contribution in [3.8, 4) is 0 Å². The summed E-state index contributed by atoms with van der Waals surface area (Å²) in [6, 6.07) is -0.773. The first-order chi connectivity index (χ1) is 9.76. The highest BCUT2D eigenvalue weighted by Crippen LogP contribution is 2.21. The van der Waals surface area contributed by atoms with Gasteiger partial charge in [-0.3, -0.25) is 9.52 Å². The van der Waals surface area contributed by atoms with Crippen LogP contribution < -0.4 is 4.72 Å². The van der Waals surface area contributed by atoms with Gasteiger partial charge in [-0.05, 0) is 12.8 Å². The van der Waals surface area contributed by atoms with E-state index in [1.165, 1.54) is 4.90 Å². The number of aliphatic carboxylic acids is 1. The van der Waals surface area contributed by atoms with Crippen molar-refractivity contribution < 1.29 is 23.1 Å². The lowest BCUT2D eigenvalue weighted by atomic mass is 10.2. The molecular weight excluding hydrogens is 318 g/mol. The summed E-state index contributed by atoms with van der Waals surface area (Å²) in [7, 11) is -3.40. The number of nitrogens with zero attached hydrogens (tertiary/aromatic N) is 2. The number of carbonyl (C=O) groups excluding carboxylic acids is 1. The number of carboxylic acids is 1. The molecule has 1 fully saturated rings. The first kappa shape index (κ1) is 15.7. The Labute approximate surface area is 125 Å². The molecule has 2 rings (SSSR count). The highest BCUT2D eigenvalue weighted by molar-refractivity contribution is 7.92. The lowest BCUT2D eigenvalue weighted by molar-refractivity contribution is -0.148. The van der Waals surface area contributed by atoms with Crippen LogP contribution in [0.3, 0.4) is 0 Å². The molecule has 1 aromatic heterocycles. The monoisotopic (exact) mass is 333 g/mol. The van der Waals surface area contributed by atoms with E-state index >= 15 is 0 Å². The maximum absolute atomic E-state index is 12.1. The van der Waals surface area contributed by atoms with Crippen LogP contribution in [0.4, 0.5) is 5.13 Å². The van der Waals surface area contributed by atoms with Gasteiger partial charge in [-0.1, -0.05) is 0 Å². The second-order valence-electron chi connectivity index (χ2n) is 4.78. The zero-order valence-corrected chi connectivity index (χ0v) is 12.9. The molecule has 1 amide bonds. The Balaban J connectivity index is 2.01. The number of carboxylic acid groups (broad SMARTS) is 1. The van der Waals surface area contributed by atoms with Crippen molar-refractivity contribution in [1.29, 1.82) is 0 Å². The van der Waals surface area contributed by atoms with Crippen LogP contribution in [-0.2, 0) is 26.0 Å². The standard InChI is InChI=1S/C11H15N3O5S2/c1-21(18,19)13-11-12-7(6-20-11)5-9(15)14-4-2-3-8(14)10(16)17/h6,8H,2-5H2,1H3,(H,12,13)(H,16,17)/t8-/m0/s1. The predicted molar refractivity (Wildman–Crippen MR) is 76.7 cm³/mol. The van der Waals surface area contributed by atoms with Gasteiger partial charge in [-0.15, -0.1) is 11.3 Å². The highest BCUT2D eigenvalue weighted by Gasteiger charge is 2.33. The third kappa shape index (κ3) is 4.14. The van der Waals surface area contributed by atoms with Gasteiger partial charge in [0.1, 0.15) is 6.04 Å². The minimum atomic E-state index is -3.40. The number of rotatable bonds is 5. The lowest BCUT2D eigenvalue weighted by Gasteiger charge is -2.20. The zero-order valence-electron chi connectivity index (χ0n) is 11.3. The van der Waals surface area contributed by atoms with Gasteiger partial charge in [0.25, 0.3) is 0 Å². The Bertz CT molecular complexity index is 655. The third-order valence-corrected chi connectivity index (χ3v) is 4.51. The molecule has 1 aliphatic heterocycles. The molecule has 0 saturated carbocycles. The van der Waals surface area contributed by atoms with Gasteiger partial charge in [-0.25, -0.2) is 18.2 Å². The molecule has 0 radical (unpaired) electrons. The molecule has 1 atom stereocenters. The molecule has 8 nitrogen and oxygen atoms in total. The summed E-state index contributed by atoms with van der Waals surface area (Å²) in [5.41, 5.74) is 0.423. The molecule has 10 heteroatoms. The van der Waals surface area contributed by atoms with Crippen molar-refractivity contribution in [3.63, 3.8) is 0 Å². The fourth-order valence-corrected chi connectivity index (χ4v) is 3.74. The summed E-state index contributed by atoms with van der Waals surface area (Å²) in [6.07, 6.45) is 2.10. The molecule has 0 bridgehead atoms. The van der Waals surface area contributed by atoms with Crippen LogP contribution >= 0.6 is 11.3 Å². The van der Waals surface area contributed by atoms with E-state index in [0.29, 0.717) is 25.1 Å². The van der Waals surface area contributed by atoms with E-state index < -0.39 is 22.0 Å². The Morgan fingerprint density at radius 1 is 1.57 bits per heavy atom. The Hall–Kier alpha value is -1.68. The summed E-state index contributed by atoms with van der Waals surface area (Å²) >= 11 is 1.08. The van der Waals surface area contributed by atoms with E-state index in [0.717, 1.165) is 17.6 Å². The maximum atomic E-state index is 12.1. The quantitative estimate of drug-likeness (QED) is 0.791. The summed E-state index contributed by atoms with van der Waals surface area (Å²) in [6.45, 7) is 0.425. The van der Waals surface area contributed by atoms with E-state index in [9.17, 15) is 18.0 Å². The number of anilines is 1. The smallest absolute Gasteiger partial charge is 0.326 e. The number of nitrogens with one attached hydrogen (secondary N) is 1. The Morgan fingerprint density at radius 2 is 2.29 bits per heavy atom. The molecule has 1 aliphatic rings. The maximum Gasteiger partial charge on any atom is 0.326 e. The number of hydrogen-bond donors (Lipinski definition) is 2. The molecule has 0 spiro atoms. The minimum absolute atomic E-state index is 0.0360. The van der Waals surface area contributed by atoms with Crippen molar-refractivity contribution in [3.05, 3.63) is 11.1 Å². The first-order valence-corrected chi connectivity index (χ1v) is 8.98. The number of likely N-dealkylation sites (tertiary alicyclic amines) is 1. The average Bonchev–Trinajstić information content (AvgIpc) is 2.95. The Kier molecular flexibility index (Phi) is 4.47. The van der Waals surface area contributed by atoms with Crippen molar-refractivity contribution in [2.45, 2.75) is 25.3 Å². The fourth-order valence-electron chi connectivity index (χ4n) is 2.17. The molecule has 1 saturated heterocycles. The molecule has 21 heavy (non-hydrogen) atoms. The van der Waals surface area contributed by atoms with Gasteiger partial charge in [-0.2, -0.15) is 0 Å². The van der Waals surface area contributed by atoms with Crippen LogP contribution in [-0.4, -0.2) is 54.1 Å². The zero-order chi connectivity index (χ0) is 15.6. The number of amides is 1. The summed E-state index contributed by atoms with van der Waals surface area (Å²) < 4.78 is 24.4. The molecule has 2 N–H and O–H groups in total. The molecule has 0 unspecified atom stereocenters. The van der Waals surface area contributed by atoms with Crippen molar-refractivity contribution >= 4 is 38.4 Å². The second kappa shape index (κ2) is 5.98. The number of hydrogen-bond acceptors (Lipinski definition) is 6. The van der Waals surface area contributed by atoms with E-state index in [1.807, 2.05) is 0 Å². The number of sulfonamides is 1. The van der Waals surface area contributed by atoms with Gasteiger partial charge >= 0.3 is 5.97 Å². The number of aromatic nitrogens is 1. The van der Waals surface area contributed by atoms with E-state index in [2.05, 4.69) is 9.71 Å². The molecule has 116 valence electrons. The lowest BCUT2D eigenvalue weighted by Crippen LogP contribution is -2.41. The van der Waals surface area contributed by atoms with E-state index in [-0.39, 0.29) is 17.5 Å². The van der Waals surface area contributed by atoms with Gasteiger partial charge in [0.2, 0.25) is 15.9 Å². The summed E-state index contributed by atoms with van der Waals surface area (Å²) in [4.78, 5) is 28.5. The molecule has 0 aliphatic carbocycles. The van der Waals surface area contributed by atoms with Crippen LogP contribution in [0, 0.1) is 0 Å². The third-order valence-electron chi connectivity index (χ3n) is 3.02. The van der Waals surface area contributed by atoms with Crippen molar-refractivity contribution in [2.75, 3.05) is 17.5 Å². The molecule has 1 aromatic rings. The van der Waals surface area contributed by atoms with E-state index in [1.54, 1.807) is 5.38 Å². The predicted octanol–water partition coefficient (Wildman–Crippen LogP) is 0.133. The van der Waals surface area contributed by atoms with Crippen LogP contribution in [0.1, 0.15) is 18.5 Å². The van der Waals surface area contributed by atoms with Gasteiger partial charge < -0.3 is 10.0 Å². The van der Waals surface area contributed by atoms with Crippen LogP contribution in [0.25, 0.3) is 0 Å². The van der Waals surface area contributed by atoms with Gasteiger partial charge in [0.15, 0.2) is 5.13 Å². The van der Waals surface area contributed by atoms with Crippen LogP contribution in [0.5, 0.6) is 0 Å². The number of carbonyl (C=O) groups is 2.